The first-order valence-electron chi connectivity index (χ1n) is 9.56. The number of nitro benzene ring substituents is 1. The monoisotopic (exact) mass is 433 g/mol. The van der Waals surface area contributed by atoms with Gasteiger partial charge in [-0.1, -0.05) is 11.6 Å². The number of nitrogens with one attached hydrogen (secondary N) is 1. The van der Waals surface area contributed by atoms with E-state index in [1.165, 1.54) is 30.6 Å². The number of benzene rings is 1. The number of halogens is 1. The van der Waals surface area contributed by atoms with Crippen LogP contribution in [0.15, 0.2) is 30.6 Å². The molecule has 0 aliphatic carbocycles. The maximum absolute atomic E-state index is 13.0. The number of hydrogen-bond acceptors (Lipinski definition) is 8. The number of aromatic nitrogens is 2. The van der Waals surface area contributed by atoms with E-state index < -0.39 is 4.92 Å². The van der Waals surface area contributed by atoms with Gasteiger partial charge in [0.1, 0.15) is 6.10 Å². The predicted octanol–water partition coefficient (Wildman–Crippen LogP) is 2.53. The van der Waals surface area contributed by atoms with E-state index in [0.717, 1.165) is 6.42 Å². The Morgan fingerprint density at radius 1 is 1.33 bits per heavy atom. The summed E-state index contributed by atoms with van der Waals surface area (Å²) in [6.07, 6.45) is 4.13. The quantitative estimate of drug-likeness (QED) is 0.545. The molecule has 2 atom stereocenters. The Bertz CT molecular complexity index is 935. The number of carbonyl (C=O) groups excluding carboxylic acids is 1. The molecule has 1 aromatic heterocycles. The second-order valence-corrected chi connectivity index (χ2v) is 7.59. The molecule has 11 heteroatoms. The van der Waals surface area contributed by atoms with Crippen molar-refractivity contribution < 1.29 is 19.2 Å². The van der Waals surface area contributed by atoms with E-state index in [9.17, 15) is 14.9 Å². The molecule has 2 aromatic rings. The number of hydrogen-bond donors (Lipinski definition) is 1. The number of likely N-dealkylation sites (tertiary alicyclic amines) is 1. The molecule has 3 heterocycles. The van der Waals surface area contributed by atoms with Gasteiger partial charge in [0.05, 0.1) is 35.6 Å². The SMILES string of the molecule is O=C(c1ccc([N+](=O)[O-])c(OC2CCOC2)c1)N1CC[C@@H](Nc2ncc(Cl)cn2)C1. The van der Waals surface area contributed by atoms with Gasteiger partial charge in [0.25, 0.3) is 5.91 Å². The van der Waals surface area contributed by atoms with Crippen LogP contribution in [0.4, 0.5) is 11.6 Å². The number of amides is 1. The molecule has 1 unspecified atom stereocenters. The maximum atomic E-state index is 13.0. The molecule has 10 nitrogen and oxygen atoms in total. The molecule has 0 spiro atoms. The summed E-state index contributed by atoms with van der Waals surface area (Å²) in [7, 11) is 0. The molecule has 1 amide bonds. The van der Waals surface area contributed by atoms with Gasteiger partial charge in [0.15, 0.2) is 5.75 Å². The summed E-state index contributed by atoms with van der Waals surface area (Å²) in [6, 6.07) is 4.22. The highest BCUT2D eigenvalue weighted by Gasteiger charge is 2.29. The van der Waals surface area contributed by atoms with Crippen LogP contribution in [0.5, 0.6) is 5.75 Å². The molecule has 0 saturated carbocycles. The van der Waals surface area contributed by atoms with E-state index >= 15 is 0 Å². The molecule has 4 rings (SSSR count). The Morgan fingerprint density at radius 3 is 2.83 bits per heavy atom. The third-order valence-electron chi connectivity index (χ3n) is 5.01. The highest BCUT2D eigenvalue weighted by molar-refractivity contribution is 6.30. The second kappa shape index (κ2) is 8.80. The molecular formula is C19H20ClN5O5. The molecule has 2 saturated heterocycles. The average molecular weight is 434 g/mol. The smallest absolute Gasteiger partial charge is 0.310 e. The minimum atomic E-state index is -0.513. The van der Waals surface area contributed by atoms with Gasteiger partial charge in [0, 0.05) is 43.2 Å². The van der Waals surface area contributed by atoms with Gasteiger partial charge in [-0.05, 0) is 12.5 Å². The minimum Gasteiger partial charge on any atom is -0.481 e. The van der Waals surface area contributed by atoms with E-state index in [-0.39, 0.29) is 29.5 Å². The summed E-state index contributed by atoms with van der Waals surface area (Å²) in [5.41, 5.74) is 0.178. The van der Waals surface area contributed by atoms with E-state index in [4.69, 9.17) is 21.1 Å². The topological polar surface area (TPSA) is 120 Å². The average Bonchev–Trinajstić information content (AvgIpc) is 3.41. The zero-order chi connectivity index (χ0) is 21.1. The zero-order valence-corrected chi connectivity index (χ0v) is 16.7. The lowest BCUT2D eigenvalue weighted by Crippen LogP contribution is -2.32. The number of anilines is 1. The van der Waals surface area contributed by atoms with Crippen molar-refractivity contribution in [1.29, 1.82) is 0 Å². The lowest BCUT2D eigenvalue weighted by Gasteiger charge is -2.18. The number of nitrogens with zero attached hydrogens (tertiary/aromatic N) is 4. The second-order valence-electron chi connectivity index (χ2n) is 7.15. The third kappa shape index (κ3) is 4.60. The molecule has 158 valence electrons. The first-order valence-corrected chi connectivity index (χ1v) is 9.93. The van der Waals surface area contributed by atoms with Crippen molar-refractivity contribution in [2.75, 3.05) is 31.6 Å². The lowest BCUT2D eigenvalue weighted by molar-refractivity contribution is -0.386. The van der Waals surface area contributed by atoms with Crippen molar-refractivity contribution in [2.45, 2.75) is 25.0 Å². The van der Waals surface area contributed by atoms with Gasteiger partial charge >= 0.3 is 5.69 Å². The first-order chi connectivity index (χ1) is 14.5. The van der Waals surface area contributed by atoms with Gasteiger partial charge in [-0.15, -0.1) is 0 Å². The fraction of sp³-hybridized carbons (Fsp3) is 0.421. The normalized spacial score (nSPS) is 20.9. The van der Waals surface area contributed by atoms with Crippen LogP contribution in [-0.4, -0.2) is 64.1 Å². The highest BCUT2D eigenvalue weighted by Crippen LogP contribution is 2.31. The summed E-state index contributed by atoms with van der Waals surface area (Å²) in [4.78, 5) is 33.7. The Balaban J connectivity index is 1.44. The van der Waals surface area contributed by atoms with Crippen molar-refractivity contribution in [3.05, 3.63) is 51.3 Å². The number of ether oxygens (including phenoxy) is 2. The number of nitro groups is 1. The lowest BCUT2D eigenvalue weighted by atomic mass is 10.1. The molecular weight excluding hydrogens is 414 g/mol. The summed E-state index contributed by atoms with van der Waals surface area (Å²) in [5.74, 6) is 0.326. The van der Waals surface area contributed by atoms with Crippen LogP contribution in [-0.2, 0) is 4.74 Å². The third-order valence-corrected chi connectivity index (χ3v) is 5.21. The largest absolute Gasteiger partial charge is 0.481 e. The van der Waals surface area contributed by atoms with E-state index in [2.05, 4.69) is 15.3 Å². The van der Waals surface area contributed by atoms with E-state index in [1.54, 1.807) is 4.90 Å². The first kappa shape index (κ1) is 20.3. The van der Waals surface area contributed by atoms with Crippen molar-refractivity contribution in [3.8, 4) is 5.75 Å². The summed E-state index contributed by atoms with van der Waals surface area (Å²) in [5, 5.41) is 15.0. The molecule has 2 aliphatic rings. The highest BCUT2D eigenvalue weighted by atomic mass is 35.5. The van der Waals surface area contributed by atoms with Crippen LogP contribution >= 0.6 is 11.6 Å². The van der Waals surface area contributed by atoms with Crippen molar-refractivity contribution in [3.63, 3.8) is 0 Å². The van der Waals surface area contributed by atoms with Crippen LogP contribution < -0.4 is 10.1 Å². The number of rotatable bonds is 6. The van der Waals surface area contributed by atoms with Crippen molar-refractivity contribution >= 4 is 29.1 Å². The van der Waals surface area contributed by atoms with Crippen molar-refractivity contribution in [1.82, 2.24) is 14.9 Å². The standard InChI is InChI=1S/C19H20ClN5O5/c20-13-8-21-19(22-9-13)23-14-3-5-24(10-14)18(26)12-1-2-16(25(27)28)17(7-12)30-15-4-6-29-11-15/h1-2,7-9,14-15H,3-6,10-11H2,(H,21,22,23)/t14-,15?/m1/s1. The summed E-state index contributed by atoms with van der Waals surface area (Å²) >= 11 is 5.79. The minimum absolute atomic E-state index is 0.000433. The van der Waals surface area contributed by atoms with Gasteiger partial charge in [-0.3, -0.25) is 14.9 Å². The van der Waals surface area contributed by atoms with Crippen LogP contribution in [0.2, 0.25) is 5.02 Å². The van der Waals surface area contributed by atoms with Gasteiger partial charge in [-0.25, -0.2) is 9.97 Å². The van der Waals surface area contributed by atoms with Crippen LogP contribution in [0.3, 0.4) is 0 Å². The molecule has 1 N–H and O–H groups in total. The Labute approximate surface area is 177 Å². The van der Waals surface area contributed by atoms with Crippen LogP contribution in [0.25, 0.3) is 0 Å². The maximum Gasteiger partial charge on any atom is 0.310 e. The molecule has 30 heavy (non-hydrogen) atoms. The molecule has 0 radical (unpaired) electrons. The van der Waals surface area contributed by atoms with E-state index in [0.29, 0.717) is 49.3 Å². The molecule has 0 bridgehead atoms. The van der Waals surface area contributed by atoms with Crippen LogP contribution in [0.1, 0.15) is 23.2 Å². The summed E-state index contributed by atoms with van der Waals surface area (Å²) < 4.78 is 11.0. The summed E-state index contributed by atoms with van der Waals surface area (Å²) in [6.45, 7) is 1.94. The number of carbonyl (C=O) groups is 1. The fourth-order valence-electron chi connectivity index (χ4n) is 3.49. The zero-order valence-electron chi connectivity index (χ0n) is 16.0. The van der Waals surface area contributed by atoms with Gasteiger partial charge in [0.2, 0.25) is 5.95 Å². The van der Waals surface area contributed by atoms with E-state index in [1.807, 2.05) is 0 Å². The predicted molar refractivity (Wildman–Crippen MR) is 108 cm³/mol. The Kier molecular flexibility index (Phi) is 5.96. The Morgan fingerprint density at radius 2 is 2.13 bits per heavy atom. The fourth-order valence-corrected chi connectivity index (χ4v) is 3.59. The Hall–Kier alpha value is -2.98. The van der Waals surface area contributed by atoms with Gasteiger partial charge in [-0.2, -0.15) is 0 Å². The molecule has 1 aromatic carbocycles. The molecule has 2 fully saturated rings. The van der Waals surface area contributed by atoms with Crippen LogP contribution in [0, 0.1) is 10.1 Å². The van der Waals surface area contributed by atoms with Gasteiger partial charge < -0.3 is 19.7 Å². The van der Waals surface area contributed by atoms with Crippen molar-refractivity contribution in [2.24, 2.45) is 0 Å². The molecule has 2 aliphatic heterocycles.